The van der Waals surface area contributed by atoms with Crippen LogP contribution in [0.4, 0.5) is 5.69 Å². The molecular weight excluding hydrogens is 288 g/mol. The molecule has 2 fully saturated rings. The minimum Gasteiger partial charge on any atom is -0.376 e. The number of nitrogens with zero attached hydrogens (tertiary/aromatic N) is 4. The number of ether oxygens (including phenoxy) is 1. The van der Waals surface area contributed by atoms with Gasteiger partial charge in [-0.05, 0) is 23.5 Å². The van der Waals surface area contributed by atoms with E-state index in [-0.39, 0.29) is 0 Å². The highest BCUT2D eigenvalue weighted by Crippen LogP contribution is 2.44. The maximum absolute atomic E-state index is 6.13. The Morgan fingerprint density at radius 1 is 1.00 bits per heavy atom. The molecule has 1 aromatic rings. The van der Waals surface area contributed by atoms with Crippen LogP contribution in [-0.2, 0) is 11.3 Å². The van der Waals surface area contributed by atoms with Crippen molar-refractivity contribution < 1.29 is 4.74 Å². The van der Waals surface area contributed by atoms with Crippen molar-refractivity contribution in [1.29, 1.82) is 0 Å². The van der Waals surface area contributed by atoms with Crippen LogP contribution in [0.1, 0.15) is 23.5 Å². The van der Waals surface area contributed by atoms with Crippen molar-refractivity contribution in [3.8, 4) is 0 Å². The summed E-state index contributed by atoms with van der Waals surface area (Å²) in [6.07, 6.45) is 1.49. The minimum absolute atomic E-state index is 0.357. The molecule has 126 valence electrons. The summed E-state index contributed by atoms with van der Waals surface area (Å²) in [6, 6.07) is 6.86. The van der Waals surface area contributed by atoms with Crippen LogP contribution in [0, 0.1) is 5.92 Å². The van der Waals surface area contributed by atoms with E-state index in [0.29, 0.717) is 17.9 Å². The fourth-order valence-electron chi connectivity index (χ4n) is 4.56. The number of para-hydroxylation sites is 1. The van der Waals surface area contributed by atoms with Crippen LogP contribution in [0.2, 0.25) is 0 Å². The highest BCUT2D eigenvalue weighted by Gasteiger charge is 2.42. The average molecular weight is 316 g/mol. The minimum atomic E-state index is 0.357. The number of hydrogen-bond acceptors (Lipinski definition) is 5. The first-order chi connectivity index (χ1) is 11.1. The van der Waals surface area contributed by atoms with Gasteiger partial charge in [-0.1, -0.05) is 18.2 Å². The van der Waals surface area contributed by atoms with Crippen LogP contribution in [0.5, 0.6) is 0 Å². The van der Waals surface area contributed by atoms with E-state index in [4.69, 9.17) is 4.74 Å². The van der Waals surface area contributed by atoms with E-state index in [1.54, 1.807) is 0 Å². The second-order valence-electron chi connectivity index (χ2n) is 7.34. The normalized spacial score (nSPS) is 32.9. The Hall–Kier alpha value is -1.14. The summed E-state index contributed by atoms with van der Waals surface area (Å²) in [6.45, 7) is 3.98. The maximum Gasteiger partial charge on any atom is 0.0762 e. The fourth-order valence-corrected chi connectivity index (χ4v) is 4.56. The van der Waals surface area contributed by atoms with Gasteiger partial charge < -0.3 is 9.75 Å². The second kappa shape index (κ2) is 5.74. The summed E-state index contributed by atoms with van der Waals surface area (Å²) < 4.78 is 6.13. The number of likely N-dealkylation sites (N-methyl/N-ethyl adjacent to an activating group) is 1. The quantitative estimate of drug-likeness (QED) is 0.785. The van der Waals surface area contributed by atoms with Gasteiger partial charge in [0.25, 0.3) is 0 Å². The first-order valence-electron chi connectivity index (χ1n) is 8.66. The predicted molar refractivity (Wildman–Crippen MR) is 92.2 cm³/mol. The van der Waals surface area contributed by atoms with Crippen LogP contribution in [0.25, 0.3) is 0 Å². The van der Waals surface area contributed by atoms with Gasteiger partial charge in [-0.15, -0.1) is 0 Å². The number of benzene rings is 1. The zero-order chi connectivity index (χ0) is 16.1. The van der Waals surface area contributed by atoms with Crippen molar-refractivity contribution in [2.24, 2.45) is 5.92 Å². The van der Waals surface area contributed by atoms with Gasteiger partial charge in [-0.3, -0.25) is 0 Å². The molecule has 5 heteroatoms. The number of rotatable bonds is 1. The molecule has 3 aliphatic heterocycles. The molecule has 0 spiro atoms. The average Bonchev–Trinajstić information content (AvgIpc) is 2.83. The third kappa shape index (κ3) is 2.47. The summed E-state index contributed by atoms with van der Waals surface area (Å²) in [5.41, 5.74) is 4.41. The van der Waals surface area contributed by atoms with Crippen LogP contribution in [-0.4, -0.2) is 69.0 Å². The Labute approximate surface area is 139 Å². The predicted octanol–water partition coefficient (Wildman–Crippen LogP) is 1.76. The van der Waals surface area contributed by atoms with Gasteiger partial charge in [0, 0.05) is 60.3 Å². The molecule has 0 N–H and O–H groups in total. The van der Waals surface area contributed by atoms with Crippen molar-refractivity contribution in [2.45, 2.75) is 25.0 Å². The summed E-state index contributed by atoms with van der Waals surface area (Å²) in [5.74, 6) is 1.17. The Morgan fingerprint density at radius 2 is 1.78 bits per heavy atom. The Balaban J connectivity index is 1.70. The lowest BCUT2D eigenvalue weighted by Gasteiger charge is -2.48. The van der Waals surface area contributed by atoms with Crippen LogP contribution < -0.4 is 5.01 Å². The van der Waals surface area contributed by atoms with Gasteiger partial charge in [-0.25, -0.2) is 15.0 Å². The molecule has 23 heavy (non-hydrogen) atoms. The highest BCUT2D eigenvalue weighted by atomic mass is 16.5. The Bertz CT molecular complexity index is 592. The molecule has 0 aromatic heterocycles. The molecule has 0 amide bonds. The van der Waals surface area contributed by atoms with E-state index in [9.17, 15) is 0 Å². The van der Waals surface area contributed by atoms with Gasteiger partial charge in [0.15, 0.2) is 0 Å². The Kier molecular flexibility index (Phi) is 3.84. The van der Waals surface area contributed by atoms with Crippen molar-refractivity contribution in [3.05, 3.63) is 29.3 Å². The molecule has 0 radical (unpaired) electrons. The van der Waals surface area contributed by atoms with Crippen LogP contribution in [0.3, 0.4) is 0 Å². The lowest BCUT2D eigenvalue weighted by atomic mass is 9.76. The van der Waals surface area contributed by atoms with E-state index in [2.05, 4.69) is 66.4 Å². The monoisotopic (exact) mass is 316 g/mol. The zero-order valence-electron chi connectivity index (χ0n) is 14.7. The number of hydrogen-bond donors (Lipinski definition) is 0. The van der Waals surface area contributed by atoms with Gasteiger partial charge in [0.1, 0.15) is 0 Å². The van der Waals surface area contributed by atoms with Crippen molar-refractivity contribution in [2.75, 3.05) is 52.9 Å². The molecule has 2 saturated heterocycles. The van der Waals surface area contributed by atoms with Gasteiger partial charge >= 0.3 is 0 Å². The van der Waals surface area contributed by atoms with E-state index in [1.807, 2.05) is 0 Å². The standard InChI is InChI=1S/C18H28N4O/c1-19-11-16-14(8-9-23-17(16)12-20(19)2)15-7-5-6-13-10-21(3)22(4)18(13)15/h5-7,14,16-17H,8-12H2,1-4H3. The number of fused-ring (bicyclic) bond motifs is 2. The zero-order valence-corrected chi connectivity index (χ0v) is 14.7. The SMILES string of the molecule is CN1CC2OCCC(c3cccc4c3N(C)N(C)C4)C2CN1C. The van der Waals surface area contributed by atoms with Crippen LogP contribution >= 0.6 is 0 Å². The molecular formula is C18H28N4O. The van der Waals surface area contributed by atoms with E-state index in [1.165, 1.54) is 16.8 Å². The summed E-state index contributed by atoms with van der Waals surface area (Å²) in [4.78, 5) is 0. The molecule has 0 aliphatic carbocycles. The molecule has 3 unspecified atom stereocenters. The number of hydrazine groups is 2. The molecule has 1 aromatic carbocycles. The summed E-state index contributed by atoms with van der Waals surface area (Å²) in [5, 5.41) is 9.26. The highest BCUT2D eigenvalue weighted by molar-refractivity contribution is 5.62. The topological polar surface area (TPSA) is 22.2 Å². The lowest BCUT2D eigenvalue weighted by molar-refractivity contribution is -0.143. The number of anilines is 1. The molecule has 0 bridgehead atoms. The molecule has 3 aliphatic rings. The third-order valence-electron chi connectivity index (χ3n) is 6.04. The van der Waals surface area contributed by atoms with Crippen LogP contribution in [0.15, 0.2) is 18.2 Å². The lowest BCUT2D eigenvalue weighted by Crippen LogP contribution is -2.56. The summed E-state index contributed by atoms with van der Waals surface area (Å²) >= 11 is 0. The smallest absolute Gasteiger partial charge is 0.0762 e. The molecule has 0 saturated carbocycles. The third-order valence-corrected chi connectivity index (χ3v) is 6.04. The first kappa shape index (κ1) is 15.4. The molecule has 4 rings (SSSR count). The van der Waals surface area contributed by atoms with Gasteiger partial charge in [-0.2, -0.15) is 0 Å². The van der Waals surface area contributed by atoms with Crippen molar-refractivity contribution >= 4 is 5.69 Å². The van der Waals surface area contributed by atoms with Gasteiger partial charge in [0.05, 0.1) is 11.8 Å². The second-order valence-corrected chi connectivity index (χ2v) is 7.34. The maximum atomic E-state index is 6.13. The van der Waals surface area contributed by atoms with E-state index < -0.39 is 0 Å². The molecule has 3 heterocycles. The van der Waals surface area contributed by atoms with Crippen molar-refractivity contribution in [1.82, 2.24) is 15.0 Å². The first-order valence-corrected chi connectivity index (χ1v) is 8.66. The summed E-state index contributed by atoms with van der Waals surface area (Å²) in [7, 11) is 8.70. The van der Waals surface area contributed by atoms with Crippen molar-refractivity contribution in [3.63, 3.8) is 0 Å². The Morgan fingerprint density at radius 3 is 2.61 bits per heavy atom. The van der Waals surface area contributed by atoms with E-state index >= 15 is 0 Å². The largest absolute Gasteiger partial charge is 0.376 e. The fraction of sp³-hybridized carbons (Fsp3) is 0.667. The molecule has 3 atom stereocenters. The van der Waals surface area contributed by atoms with Gasteiger partial charge in [0.2, 0.25) is 0 Å². The van der Waals surface area contributed by atoms with E-state index in [0.717, 1.165) is 32.7 Å². The molecule has 5 nitrogen and oxygen atoms in total.